The first-order chi connectivity index (χ1) is 32.0. The number of aromatic hydroxyl groups is 2. The average Bonchev–Trinajstić information content (AvgIpc) is 3.29. The van der Waals surface area contributed by atoms with Crippen LogP contribution < -0.4 is 21.3 Å². The van der Waals surface area contributed by atoms with Crippen molar-refractivity contribution in [1.29, 1.82) is 0 Å². The quantitative estimate of drug-likeness (QED) is 0.0528. The van der Waals surface area contributed by atoms with Crippen molar-refractivity contribution in [2.45, 2.75) is 173 Å². The van der Waals surface area contributed by atoms with Crippen LogP contribution in [0.15, 0.2) is 36.4 Å². The molecule has 0 unspecified atom stereocenters. The molecule has 2 aromatic carbocycles. The predicted octanol–water partition coefficient (Wildman–Crippen LogP) is 5.38. The number of unbranched alkanes of at least 4 members (excludes halogenated alkanes) is 14. The highest BCUT2D eigenvalue weighted by molar-refractivity contribution is 5.96. The molecule has 0 saturated carbocycles. The van der Waals surface area contributed by atoms with E-state index in [2.05, 4.69) is 28.2 Å². The maximum atomic E-state index is 14.3. The number of carboxylic acid groups (broad SMARTS) is 1. The molecule has 67 heavy (non-hydrogen) atoms. The van der Waals surface area contributed by atoms with Gasteiger partial charge in [-0.2, -0.15) is 0 Å². The van der Waals surface area contributed by atoms with Gasteiger partial charge in [-0.1, -0.05) is 122 Å². The number of benzene rings is 2. The lowest BCUT2D eigenvalue weighted by atomic mass is 9.93. The van der Waals surface area contributed by atoms with Gasteiger partial charge in [0.15, 0.2) is 0 Å². The number of carbonyl (C=O) groups excluding carboxylic acids is 6. The van der Waals surface area contributed by atoms with E-state index in [1.807, 2.05) is 6.92 Å². The second kappa shape index (κ2) is 29.1. The summed E-state index contributed by atoms with van der Waals surface area (Å²) in [4.78, 5) is 95.8. The molecule has 4 bridgehead atoms. The Hall–Kier alpha value is -5.71. The van der Waals surface area contributed by atoms with Gasteiger partial charge in [-0.25, -0.2) is 4.79 Å². The number of nitrogens with one attached hydrogen (secondary N) is 4. The van der Waals surface area contributed by atoms with Gasteiger partial charge in [-0.15, -0.1) is 0 Å². The summed E-state index contributed by atoms with van der Waals surface area (Å²) in [5, 5.41) is 52.2. The van der Waals surface area contributed by atoms with E-state index in [1.165, 1.54) is 120 Å². The first-order valence-electron chi connectivity index (χ1n) is 24.2. The fourth-order valence-corrected chi connectivity index (χ4v) is 8.23. The number of phenolic OH excluding ortho intramolecular Hbond substituents is 2. The standard InChI is InChI=1S/C50H76N6O11/c1-6-8-10-11-12-13-14-15-16-17-18-19-21-23-43(60)55(4)40(32-57)48(64)52-33(3)46(62)51-31-44(61)56(5)45-35-25-27-42(59)37(30-35)36-28-34(24-26-41(36)58)29-39(50(66)67)54-47(63)38(53-49(45)65)22-20-9-7-2/h24-28,30,33,38-40,45,57-59H,6-23,29,31-32H2,1-5H3,(H,51,62)(H,52,64)(H,53,65)(H,54,63)(H,66,67)/t33-,38+,39+,40-,45+/m1/s1. The van der Waals surface area contributed by atoms with Crippen LogP contribution in [0, 0.1) is 0 Å². The van der Waals surface area contributed by atoms with Crippen molar-refractivity contribution >= 4 is 41.4 Å². The van der Waals surface area contributed by atoms with Crippen LogP contribution in [0.4, 0.5) is 0 Å². The summed E-state index contributed by atoms with van der Waals surface area (Å²) in [6.07, 6.45) is 17.3. The number of amides is 6. The van der Waals surface area contributed by atoms with Crippen molar-refractivity contribution in [2.24, 2.45) is 0 Å². The number of aliphatic hydroxyl groups is 1. The van der Waals surface area contributed by atoms with E-state index in [-0.39, 0.29) is 53.4 Å². The molecule has 17 heteroatoms. The summed E-state index contributed by atoms with van der Waals surface area (Å²) in [6, 6.07) is 1.85. The molecular formula is C50H76N6O11. The Balaban J connectivity index is 1.67. The Kier molecular flexibility index (Phi) is 24.2. The van der Waals surface area contributed by atoms with Gasteiger partial charge >= 0.3 is 5.97 Å². The van der Waals surface area contributed by atoms with Crippen LogP contribution in [0.1, 0.15) is 154 Å². The third-order valence-corrected chi connectivity index (χ3v) is 12.5. The van der Waals surface area contributed by atoms with Crippen LogP contribution in [-0.2, 0) is 40.0 Å². The van der Waals surface area contributed by atoms with Gasteiger partial charge in [0.05, 0.1) is 13.2 Å². The molecular weight excluding hydrogens is 861 g/mol. The lowest BCUT2D eigenvalue weighted by Crippen LogP contribution is -2.55. The molecule has 8 N–H and O–H groups in total. The number of hydrogen-bond acceptors (Lipinski definition) is 10. The summed E-state index contributed by atoms with van der Waals surface area (Å²) in [5.74, 6) is -6.06. The lowest BCUT2D eigenvalue weighted by Gasteiger charge is -2.31. The number of hydrogen-bond donors (Lipinski definition) is 8. The van der Waals surface area contributed by atoms with Crippen molar-refractivity contribution in [1.82, 2.24) is 31.1 Å². The molecule has 0 aromatic heterocycles. The number of phenols is 2. The Bertz CT molecular complexity index is 1960. The van der Waals surface area contributed by atoms with E-state index in [4.69, 9.17) is 0 Å². The molecule has 0 aliphatic carbocycles. The second-order valence-corrected chi connectivity index (χ2v) is 17.8. The van der Waals surface area contributed by atoms with Crippen LogP contribution in [0.25, 0.3) is 11.1 Å². The summed E-state index contributed by atoms with van der Waals surface area (Å²) >= 11 is 0. The molecule has 372 valence electrons. The highest BCUT2D eigenvalue weighted by atomic mass is 16.4. The van der Waals surface area contributed by atoms with E-state index in [1.54, 1.807) is 0 Å². The van der Waals surface area contributed by atoms with Crippen LogP contribution in [0.2, 0.25) is 0 Å². The molecule has 0 fully saturated rings. The number of nitrogens with zero attached hydrogens (tertiary/aromatic N) is 2. The third kappa shape index (κ3) is 17.8. The largest absolute Gasteiger partial charge is 0.507 e. The van der Waals surface area contributed by atoms with E-state index in [9.17, 15) is 54.0 Å². The maximum Gasteiger partial charge on any atom is 0.326 e. The molecule has 5 atom stereocenters. The summed E-state index contributed by atoms with van der Waals surface area (Å²) in [5.41, 5.74) is 0.779. The minimum absolute atomic E-state index is 0.0777. The predicted molar refractivity (Wildman–Crippen MR) is 255 cm³/mol. The molecule has 17 nitrogen and oxygen atoms in total. The van der Waals surface area contributed by atoms with E-state index in [0.29, 0.717) is 18.4 Å². The molecule has 0 radical (unpaired) electrons. The van der Waals surface area contributed by atoms with Crippen molar-refractivity contribution in [2.75, 3.05) is 27.2 Å². The number of carboxylic acids is 1. The van der Waals surface area contributed by atoms with Gasteiger partial charge in [0.2, 0.25) is 35.4 Å². The highest BCUT2D eigenvalue weighted by Crippen LogP contribution is 2.39. The zero-order valence-electron chi connectivity index (χ0n) is 40.2. The third-order valence-electron chi connectivity index (χ3n) is 12.5. The molecule has 1 aliphatic heterocycles. The number of likely N-dealkylation sites (N-methyl/N-ethyl adjacent to an activating group) is 2. The number of aliphatic carboxylic acids is 1. The molecule has 0 saturated heterocycles. The Labute approximate surface area is 395 Å². The van der Waals surface area contributed by atoms with Gasteiger partial charge < -0.3 is 51.5 Å². The van der Waals surface area contributed by atoms with Gasteiger partial charge in [0, 0.05) is 38.1 Å². The first-order valence-corrected chi connectivity index (χ1v) is 24.2. The number of aliphatic hydroxyl groups excluding tert-OH is 1. The van der Waals surface area contributed by atoms with Crippen LogP contribution in [0.3, 0.4) is 0 Å². The van der Waals surface area contributed by atoms with Gasteiger partial charge in [-0.05, 0) is 55.2 Å². The fraction of sp³-hybridized carbons (Fsp3) is 0.620. The smallest absolute Gasteiger partial charge is 0.326 e. The zero-order valence-corrected chi connectivity index (χ0v) is 40.2. The normalized spacial score (nSPS) is 17.0. The summed E-state index contributed by atoms with van der Waals surface area (Å²) < 4.78 is 0. The zero-order chi connectivity index (χ0) is 49.5. The topological polar surface area (TPSA) is 255 Å². The number of fused-ring (bicyclic) bond motifs is 5. The molecule has 1 heterocycles. The molecule has 1 aliphatic rings. The average molecular weight is 937 g/mol. The van der Waals surface area contributed by atoms with Crippen LogP contribution in [-0.4, -0.2) is 123 Å². The second-order valence-electron chi connectivity index (χ2n) is 17.8. The van der Waals surface area contributed by atoms with E-state index >= 15 is 0 Å². The van der Waals surface area contributed by atoms with Crippen LogP contribution >= 0.6 is 0 Å². The van der Waals surface area contributed by atoms with Gasteiger partial charge in [-0.3, -0.25) is 28.8 Å². The molecule has 0 spiro atoms. The summed E-state index contributed by atoms with van der Waals surface area (Å²) in [6.45, 7) is 4.23. The van der Waals surface area contributed by atoms with Crippen molar-refractivity contribution in [3.8, 4) is 22.6 Å². The minimum Gasteiger partial charge on any atom is -0.507 e. The Morgan fingerprint density at radius 2 is 1.27 bits per heavy atom. The van der Waals surface area contributed by atoms with E-state index in [0.717, 1.165) is 37.0 Å². The Morgan fingerprint density at radius 1 is 0.716 bits per heavy atom. The number of rotatable bonds is 27. The molecule has 6 amide bonds. The fourth-order valence-electron chi connectivity index (χ4n) is 8.23. The van der Waals surface area contributed by atoms with Gasteiger partial charge in [0.25, 0.3) is 0 Å². The summed E-state index contributed by atoms with van der Waals surface area (Å²) in [7, 11) is 2.73. The molecule has 3 rings (SSSR count). The first kappa shape index (κ1) is 55.6. The monoisotopic (exact) mass is 937 g/mol. The Morgan fingerprint density at radius 3 is 1.85 bits per heavy atom. The van der Waals surface area contributed by atoms with Crippen molar-refractivity contribution in [3.05, 3.63) is 47.5 Å². The number of carbonyl (C=O) groups is 7. The van der Waals surface area contributed by atoms with E-state index < -0.39 is 78.9 Å². The highest BCUT2D eigenvalue weighted by Gasteiger charge is 2.35. The lowest BCUT2D eigenvalue weighted by molar-refractivity contribution is -0.143. The SMILES string of the molecule is CCCCCCCCCCCCCCCC(=O)N(C)[C@H](CO)C(=O)N[C@H](C)C(=O)NCC(=O)N(C)[C@@H]1C(=O)N[C@@H](CCCCC)C(=O)N[C@H](C(=O)O)Cc2ccc(O)c(c2)-c2cc1ccc2O. The van der Waals surface area contributed by atoms with Gasteiger partial charge in [0.1, 0.15) is 41.7 Å². The van der Waals surface area contributed by atoms with Crippen molar-refractivity contribution < 1.29 is 54.0 Å². The minimum atomic E-state index is -1.47. The molecule has 2 aromatic rings. The maximum absolute atomic E-state index is 14.3. The van der Waals surface area contributed by atoms with Crippen molar-refractivity contribution in [3.63, 3.8) is 0 Å². The van der Waals surface area contributed by atoms with Crippen LogP contribution in [0.5, 0.6) is 11.5 Å².